The first-order valence-corrected chi connectivity index (χ1v) is 12.7. The number of hydrogen-bond donors (Lipinski definition) is 0. The lowest BCUT2D eigenvalue weighted by Gasteiger charge is -2.29. The predicted octanol–water partition coefficient (Wildman–Crippen LogP) is 4.24. The fourth-order valence-corrected chi connectivity index (χ4v) is 3.76. The molecule has 0 fully saturated rings. The smallest absolute Gasteiger partial charge is 0.306 e. The first kappa shape index (κ1) is 27.3. The first-order chi connectivity index (χ1) is 13.2. The van der Waals surface area contributed by atoms with Crippen LogP contribution < -0.4 is 0 Å². The van der Waals surface area contributed by atoms with E-state index in [-0.39, 0.29) is 11.7 Å². The van der Waals surface area contributed by atoms with Gasteiger partial charge in [-0.2, -0.15) is 0 Å². The van der Waals surface area contributed by atoms with Crippen molar-refractivity contribution in [3.05, 3.63) is 0 Å². The van der Waals surface area contributed by atoms with Gasteiger partial charge >= 0.3 is 5.97 Å². The number of nitrogens with zero attached hydrogens (tertiary/aromatic N) is 1. The van der Waals surface area contributed by atoms with Crippen molar-refractivity contribution >= 4 is 16.1 Å². The molecular formula is C21H43NO5S. The Bertz CT molecular complexity index is 491. The minimum absolute atomic E-state index is 0.155. The molecule has 0 aliphatic heterocycles. The van der Waals surface area contributed by atoms with Gasteiger partial charge in [0.25, 0.3) is 0 Å². The molecule has 0 rings (SSSR count). The fourth-order valence-electron chi connectivity index (χ4n) is 3.28. The van der Waals surface area contributed by atoms with Crippen LogP contribution in [0.15, 0.2) is 0 Å². The third-order valence-electron chi connectivity index (χ3n) is 5.06. The molecule has 0 unspecified atom stereocenters. The lowest BCUT2D eigenvalue weighted by atomic mass is 10.1. The molecule has 28 heavy (non-hydrogen) atoms. The summed E-state index contributed by atoms with van der Waals surface area (Å²) >= 11 is 0. The lowest BCUT2D eigenvalue weighted by Crippen LogP contribution is -2.42. The Morgan fingerprint density at radius 2 is 1.32 bits per heavy atom. The van der Waals surface area contributed by atoms with Crippen LogP contribution in [0.3, 0.4) is 0 Å². The zero-order valence-electron chi connectivity index (χ0n) is 18.4. The van der Waals surface area contributed by atoms with Crippen molar-refractivity contribution in [2.75, 3.05) is 39.5 Å². The second-order valence-electron chi connectivity index (χ2n) is 8.50. The van der Waals surface area contributed by atoms with E-state index in [2.05, 4.69) is 6.92 Å². The molecule has 0 aromatic carbocycles. The molecule has 0 amide bonds. The molecule has 0 aliphatic carbocycles. The number of hydrogen-bond acceptors (Lipinski definition) is 5. The molecule has 0 N–H and O–H groups in total. The highest BCUT2D eigenvalue weighted by atomic mass is 32.2. The van der Waals surface area contributed by atoms with E-state index in [1.807, 2.05) is 14.1 Å². The molecule has 0 atom stereocenters. The molecule has 6 nitrogen and oxygen atoms in total. The molecule has 0 heterocycles. The topological polar surface area (TPSA) is 83.5 Å². The SMILES string of the molecule is CCCCCCCCCCCCOC(=O)CCC[N+](C)(C)CCCS(=O)(=O)[O-]. The zero-order chi connectivity index (χ0) is 21.3. The van der Waals surface area contributed by atoms with E-state index in [1.165, 1.54) is 51.4 Å². The summed E-state index contributed by atoms with van der Waals surface area (Å²) in [5.74, 6) is -0.478. The van der Waals surface area contributed by atoms with Gasteiger partial charge in [-0.15, -0.1) is 0 Å². The highest BCUT2D eigenvalue weighted by Gasteiger charge is 2.16. The first-order valence-electron chi connectivity index (χ1n) is 11.1. The summed E-state index contributed by atoms with van der Waals surface area (Å²) in [7, 11) is -0.183. The van der Waals surface area contributed by atoms with Gasteiger partial charge in [0, 0.05) is 18.6 Å². The van der Waals surface area contributed by atoms with Crippen molar-refractivity contribution < 1.29 is 27.0 Å². The monoisotopic (exact) mass is 421 g/mol. The van der Waals surface area contributed by atoms with Crippen LogP contribution in [0, 0.1) is 0 Å². The van der Waals surface area contributed by atoms with Gasteiger partial charge in [0.2, 0.25) is 0 Å². The van der Waals surface area contributed by atoms with Crippen LogP contribution in [0.2, 0.25) is 0 Å². The van der Waals surface area contributed by atoms with Gasteiger partial charge < -0.3 is 13.8 Å². The summed E-state index contributed by atoms with van der Waals surface area (Å²) in [6.07, 6.45) is 14.0. The number of rotatable bonds is 19. The van der Waals surface area contributed by atoms with Crippen molar-refractivity contribution in [3.63, 3.8) is 0 Å². The Morgan fingerprint density at radius 1 is 0.821 bits per heavy atom. The predicted molar refractivity (Wildman–Crippen MR) is 113 cm³/mol. The summed E-state index contributed by atoms with van der Waals surface area (Å²) in [5, 5.41) is 0. The Morgan fingerprint density at radius 3 is 1.86 bits per heavy atom. The van der Waals surface area contributed by atoms with Crippen LogP contribution in [-0.2, 0) is 19.6 Å². The highest BCUT2D eigenvalue weighted by Crippen LogP contribution is 2.11. The maximum absolute atomic E-state index is 11.8. The highest BCUT2D eigenvalue weighted by molar-refractivity contribution is 7.85. The van der Waals surface area contributed by atoms with Crippen molar-refractivity contribution in [2.45, 2.75) is 90.4 Å². The van der Waals surface area contributed by atoms with E-state index in [4.69, 9.17) is 4.74 Å². The molecule has 7 heteroatoms. The molecule has 0 radical (unpaired) electrons. The molecule has 0 saturated heterocycles. The van der Waals surface area contributed by atoms with E-state index in [1.54, 1.807) is 0 Å². The maximum atomic E-state index is 11.8. The number of esters is 1. The van der Waals surface area contributed by atoms with E-state index >= 15 is 0 Å². The molecule has 0 bridgehead atoms. The van der Waals surface area contributed by atoms with Gasteiger partial charge in [0.05, 0.1) is 50.3 Å². The van der Waals surface area contributed by atoms with Crippen LogP contribution in [0.4, 0.5) is 0 Å². The van der Waals surface area contributed by atoms with Crippen molar-refractivity contribution in [2.24, 2.45) is 0 Å². The van der Waals surface area contributed by atoms with Gasteiger partial charge in [-0.05, 0) is 6.42 Å². The van der Waals surface area contributed by atoms with Crippen LogP contribution in [0.25, 0.3) is 0 Å². The molecule has 0 aromatic rings. The molecular weight excluding hydrogens is 378 g/mol. The summed E-state index contributed by atoms with van der Waals surface area (Å²) in [6.45, 7) is 4.11. The van der Waals surface area contributed by atoms with Gasteiger partial charge in [-0.1, -0.05) is 64.7 Å². The summed E-state index contributed by atoms with van der Waals surface area (Å²) in [6, 6.07) is 0. The van der Waals surface area contributed by atoms with Crippen molar-refractivity contribution in [1.29, 1.82) is 0 Å². The minimum Gasteiger partial charge on any atom is -0.748 e. The molecule has 0 saturated carbocycles. The van der Waals surface area contributed by atoms with Crippen LogP contribution in [0.1, 0.15) is 90.4 Å². The average molecular weight is 422 g/mol. The van der Waals surface area contributed by atoms with Crippen LogP contribution in [0.5, 0.6) is 0 Å². The zero-order valence-corrected chi connectivity index (χ0v) is 19.2. The number of carbonyl (C=O) groups excluding carboxylic acids is 1. The lowest BCUT2D eigenvalue weighted by molar-refractivity contribution is -0.890. The standard InChI is InChI=1S/C21H43NO5S/c1-4-5-6-7-8-9-10-11-12-13-19-27-21(23)16-14-17-22(2,3)18-15-20-28(24,25)26/h4-20H2,1-3H3. The Hall–Kier alpha value is -0.660. The van der Waals surface area contributed by atoms with Gasteiger partial charge in [0.1, 0.15) is 0 Å². The molecule has 0 aliphatic rings. The second-order valence-corrected chi connectivity index (χ2v) is 10.0. The summed E-state index contributed by atoms with van der Waals surface area (Å²) in [4.78, 5) is 11.8. The van der Waals surface area contributed by atoms with Crippen molar-refractivity contribution in [1.82, 2.24) is 0 Å². The maximum Gasteiger partial charge on any atom is 0.306 e. The minimum atomic E-state index is -4.14. The van der Waals surface area contributed by atoms with Gasteiger partial charge in [-0.3, -0.25) is 4.79 Å². The Kier molecular flexibility index (Phi) is 15.8. The molecule has 0 aromatic heterocycles. The Labute approximate surface area is 173 Å². The summed E-state index contributed by atoms with van der Waals surface area (Å²) < 4.78 is 37.8. The third kappa shape index (κ3) is 20.1. The third-order valence-corrected chi connectivity index (χ3v) is 5.85. The largest absolute Gasteiger partial charge is 0.748 e. The van der Waals surface area contributed by atoms with E-state index in [0.29, 0.717) is 36.9 Å². The van der Waals surface area contributed by atoms with E-state index in [0.717, 1.165) is 19.4 Å². The number of carbonyl (C=O) groups is 1. The fraction of sp³-hybridized carbons (Fsp3) is 0.952. The second kappa shape index (κ2) is 16.2. The van der Waals surface area contributed by atoms with Crippen LogP contribution >= 0.6 is 0 Å². The van der Waals surface area contributed by atoms with Crippen LogP contribution in [-0.4, -0.2) is 63.0 Å². The Balaban J connectivity index is 3.52. The normalized spacial score (nSPS) is 12.3. The molecule has 168 valence electrons. The van der Waals surface area contributed by atoms with Crippen molar-refractivity contribution in [3.8, 4) is 0 Å². The quantitative estimate of drug-likeness (QED) is 0.135. The number of ether oxygens (including phenoxy) is 1. The average Bonchev–Trinajstić information content (AvgIpc) is 2.58. The van der Waals surface area contributed by atoms with E-state index in [9.17, 15) is 17.8 Å². The van der Waals surface area contributed by atoms with Gasteiger partial charge in [0.15, 0.2) is 0 Å². The molecule has 0 spiro atoms. The summed E-state index contributed by atoms with van der Waals surface area (Å²) in [5.41, 5.74) is 0. The number of unbranched alkanes of at least 4 members (excludes halogenated alkanes) is 9. The van der Waals surface area contributed by atoms with Gasteiger partial charge in [-0.25, -0.2) is 8.42 Å². The van der Waals surface area contributed by atoms with E-state index < -0.39 is 10.1 Å². The number of quaternary nitrogens is 1.